The Morgan fingerprint density at radius 1 is 1.07 bits per heavy atom. The van der Waals surface area contributed by atoms with Gasteiger partial charge in [0.05, 0.1) is 6.04 Å². The molecule has 2 aromatic carbocycles. The van der Waals surface area contributed by atoms with E-state index >= 15 is 0 Å². The van der Waals surface area contributed by atoms with Crippen LogP contribution in [0.1, 0.15) is 54.2 Å². The van der Waals surface area contributed by atoms with Gasteiger partial charge in [-0.05, 0) is 42.8 Å². The van der Waals surface area contributed by atoms with Crippen LogP contribution >= 0.6 is 0 Å². The van der Waals surface area contributed by atoms with Crippen LogP contribution in [-0.4, -0.2) is 47.8 Å². The van der Waals surface area contributed by atoms with Crippen LogP contribution in [0.25, 0.3) is 0 Å². The van der Waals surface area contributed by atoms with Crippen LogP contribution in [0.4, 0.5) is 0 Å². The van der Waals surface area contributed by atoms with Crippen molar-refractivity contribution >= 4 is 11.8 Å². The van der Waals surface area contributed by atoms with Gasteiger partial charge in [-0.2, -0.15) is 0 Å². The largest absolute Gasteiger partial charge is 0.343 e. The highest BCUT2D eigenvalue weighted by Gasteiger charge is 2.25. The number of amides is 2. The third-order valence-corrected chi connectivity index (χ3v) is 5.60. The highest BCUT2D eigenvalue weighted by molar-refractivity contribution is 5.94. The summed E-state index contributed by atoms with van der Waals surface area (Å²) in [5, 5.41) is 3.14. The zero-order chi connectivity index (χ0) is 20.6. The van der Waals surface area contributed by atoms with Crippen LogP contribution in [0.15, 0.2) is 54.6 Å². The second-order valence-electron chi connectivity index (χ2n) is 7.54. The second kappa shape index (κ2) is 10.2. The molecule has 0 spiro atoms. The maximum atomic E-state index is 12.9. The topological polar surface area (TPSA) is 52.7 Å². The van der Waals surface area contributed by atoms with Crippen molar-refractivity contribution in [2.45, 2.75) is 39.3 Å². The molecule has 2 aromatic rings. The fourth-order valence-corrected chi connectivity index (χ4v) is 3.75. The van der Waals surface area contributed by atoms with Crippen LogP contribution < -0.4 is 5.32 Å². The Labute approximate surface area is 173 Å². The number of nitrogens with zero attached hydrogens (tertiary/aromatic N) is 2. The fourth-order valence-electron chi connectivity index (χ4n) is 3.75. The number of carbonyl (C=O) groups excluding carboxylic acids is 2. The SMILES string of the molecule is CCN(CC)Cc1ccc(C(=O)NC(CN2CCCC2=O)c2ccccc2)cc1. The lowest BCUT2D eigenvalue weighted by Crippen LogP contribution is -2.38. The first-order valence-corrected chi connectivity index (χ1v) is 10.6. The second-order valence-corrected chi connectivity index (χ2v) is 7.54. The molecule has 29 heavy (non-hydrogen) atoms. The zero-order valence-electron chi connectivity index (χ0n) is 17.4. The molecule has 1 fully saturated rings. The standard InChI is InChI=1S/C24H31N3O2/c1-3-26(4-2)17-19-12-14-21(15-13-19)24(29)25-22(20-9-6-5-7-10-20)18-27-16-8-11-23(27)28/h5-7,9-10,12-15,22H,3-4,8,11,16-18H2,1-2H3,(H,25,29). The Hall–Kier alpha value is -2.66. The quantitative estimate of drug-likeness (QED) is 0.708. The first-order chi connectivity index (χ1) is 14.1. The highest BCUT2D eigenvalue weighted by Crippen LogP contribution is 2.19. The summed E-state index contributed by atoms with van der Waals surface area (Å²) in [6, 6.07) is 17.5. The lowest BCUT2D eigenvalue weighted by Gasteiger charge is -2.25. The molecule has 1 atom stereocenters. The van der Waals surface area contributed by atoms with E-state index in [1.807, 2.05) is 59.5 Å². The Bertz CT molecular complexity index is 801. The molecule has 1 N–H and O–H groups in total. The van der Waals surface area contributed by atoms with Gasteiger partial charge in [-0.25, -0.2) is 0 Å². The number of carbonyl (C=O) groups is 2. The van der Waals surface area contributed by atoms with E-state index in [4.69, 9.17) is 0 Å². The van der Waals surface area contributed by atoms with E-state index in [1.54, 1.807) is 0 Å². The van der Waals surface area contributed by atoms with Crippen molar-refractivity contribution in [3.8, 4) is 0 Å². The predicted molar refractivity (Wildman–Crippen MR) is 116 cm³/mol. The first-order valence-electron chi connectivity index (χ1n) is 10.6. The Balaban J connectivity index is 1.70. The van der Waals surface area contributed by atoms with Crippen molar-refractivity contribution in [2.75, 3.05) is 26.2 Å². The summed E-state index contributed by atoms with van der Waals surface area (Å²) in [6.45, 7) is 8.48. The molecule has 0 aromatic heterocycles. The summed E-state index contributed by atoms with van der Waals surface area (Å²) in [5.74, 6) is 0.0563. The average Bonchev–Trinajstić information content (AvgIpc) is 3.17. The molecule has 0 radical (unpaired) electrons. The maximum Gasteiger partial charge on any atom is 0.251 e. The third-order valence-electron chi connectivity index (χ3n) is 5.60. The molecule has 1 saturated heterocycles. The molecule has 3 rings (SSSR count). The van der Waals surface area contributed by atoms with Gasteiger partial charge in [0.25, 0.3) is 5.91 Å². The van der Waals surface area contributed by atoms with Crippen LogP contribution in [0, 0.1) is 0 Å². The molecular weight excluding hydrogens is 362 g/mol. The molecular formula is C24H31N3O2. The molecule has 0 bridgehead atoms. The molecule has 1 unspecified atom stereocenters. The van der Waals surface area contributed by atoms with Crippen molar-refractivity contribution in [1.29, 1.82) is 0 Å². The monoisotopic (exact) mass is 393 g/mol. The molecule has 1 aliphatic heterocycles. The van der Waals surface area contributed by atoms with Crippen molar-refractivity contribution in [3.05, 3.63) is 71.3 Å². The molecule has 154 valence electrons. The van der Waals surface area contributed by atoms with Gasteiger partial charge >= 0.3 is 0 Å². The minimum atomic E-state index is -0.221. The van der Waals surface area contributed by atoms with Gasteiger partial charge in [0.15, 0.2) is 0 Å². The summed E-state index contributed by atoms with van der Waals surface area (Å²) < 4.78 is 0. The molecule has 0 aliphatic carbocycles. The van der Waals surface area contributed by atoms with Gasteiger partial charge in [0, 0.05) is 31.6 Å². The molecule has 5 nitrogen and oxygen atoms in total. The van der Waals surface area contributed by atoms with E-state index in [2.05, 4.69) is 24.1 Å². The van der Waals surface area contributed by atoms with Gasteiger partial charge in [0.1, 0.15) is 0 Å². The number of nitrogens with one attached hydrogen (secondary N) is 1. The van der Waals surface area contributed by atoms with Gasteiger partial charge in [0.2, 0.25) is 5.91 Å². The Kier molecular flexibility index (Phi) is 7.42. The molecule has 2 amide bonds. The van der Waals surface area contributed by atoms with Crippen molar-refractivity contribution in [1.82, 2.24) is 15.1 Å². The summed E-state index contributed by atoms with van der Waals surface area (Å²) in [6.07, 6.45) is 1.49. The minimum Gasteiger partial charge on any atom is -0.343 e. The van der Waals surface area contributed by atoms with Gasteiger partial charge in [-0.15, -0.1) is 0 Å². The van der Waals surface area contributed by atoms with Crippen LogP contribution in [0.2, 0.25) is 0 Å². The number of hydrogen-bond acceptors (Lipinski definition) is 3. The number of rotatable bonds is 9. The smallest absolute Gasteiger partial charge is 0.251 e. The van der Waals surface area contributed by atoms with Crippen LogP contribution in [0.3, 0.4) is 0 Å². The van der Waals surface area contributed by atoms with Crippen molar-refractivity contribution in [2.24, 2.45) is 0 Å². The maximum absolute atomic E-state index is 12.9. The minimum absolute atomic E-state index is 0.111. The lowest BCUT2D eigenvalue weighted by molar-refractivity contribution is -0.128. The normalized spacial score (nSPS) is 15.0. The number of benzene rings is 2. The molecule has 1 heterocycles. The predicted octanol–water partition coefficient (Wildman–Crippen LogP) is 3.62. The molecule has 0 saturated carbocycles. The van der Waals surface area contributed by atoms with E-state index in [9.17, 15) is 9.59 Å². The average molecular weight is 394 g/mol. The highest BCUT2D eigenvalue weighted by atomic mass is 16.2. The van der Waals surface area contributed by atoms with Crippen molar-refractivity contribution in [3.63, 3.8) is 0 Å². The van der Waals surface area contributed by atoms with E-state index < -0.39 is 0 Å². The van der Waals surface area contributed by atoms with Gasteiger partial charge in [-0.1, -0.05) is 56.3 Å². The first kappa shape index (κ1) is 21.1. The number of hydrogen-bond donors (Lipinski definition) is 1. The van der Waals surface area contributed by atoms with Gasteiger partial charge < -0.3 is 10.2 Å². The third kappa shape index (κ3) is 5.67. The Morgan fingerprint density at radius 3 is 2.34 bits per heavy atom. The van der Waals surface area contributed by atoms with E-state index in [-0.39, 0.29) is 17.9 Å². The molecule has 5 heteroatoms. The summed E-state index contributed by atoms with van der Waals surface area (Å²) in [4.78, 5) is 29.2. The fraction of sp³-hybridized carbons (Fsp3) is 0.417. The van der Waals surface area contributed by atoms with Crippen molar-refractivity contribution < 1.29 is 9.59 Å². The summed E-state index contributed by atoms with van der Waals surface area (Å²) >= 11 is 0. The van der Waals surface area contributed by atoms with E-state index in [0.29, 0.717) is 18.5 Å². The lowest BCUT2D eigenvalue weighted by atomic mass is 10.0. The molecule has 1 aliphatic rings. The Morgan fingerprint density at radius 2 is 1.76 bits per heavy atom. The van der Waals surface area contributed by atoms with Gasteiger partial charge in [-0.3, -0.25) is 14.5 Å². The van der Waals surface area contributed by atoms with E-state index in [1.165, 1.54) is 5.56 Å². The summed E-state index contributed by atoms with van der Waals surface area (Å²) in [7, 11) is 0. The van der Waals surface area contributed by atoms with E-state index in [0.717, 1.165) is 38.2 Å². The van der Waals surface area contributed by atoms with Crippen LogP contribution in [0.5, 0.6) is 0 Å². The van der Waals surface area contributed by atoms with Crippen LogP contribution in [-0.2, 0) is 11.3 Å². The summed E-state index contributed by atoms with van der Waals surface area (Å²) in [5.41, 5.74) is 2.85. The number of likely N-dealkylation sites (tertiary alicyclic amines) is 1. The zero-order valence-corrected chi connectivity index (χ0v) is 17.4.